The van der Waals surface area contributed by atoms with Gasteiger partial charge in [-0.2, -0.15) is 0 Å². The molecule has 1 fully saturated rings. The molecule has 4 nitrogen and oxygen atoms in total. The summed E-state index contributed by atoms with van der Waals surface area (Å²) in [6.45, 7) is 4.09. The molecule has 1 saturated heterocycles. The van der Waals surface area contributed by atoms with Crippen LogP contribution in [0.1, 0.15) is 12.8 Å². The van der Waals surface area contributed by atoms with Crippen molar-refractivity contribution in [3.8, 4) is 0 Å². The quantitative estimate of drug-likeness (QED) is 0.661. The molecule has 1 aliphatic heterocycles. The molecule has 1 aliphatic rings. The lowest BCUT2D eigenvalue weighted by Crippen LogP contribution is -2.36. The van der Waals surface area contributed by atoms with E-state index in [1.165, 1.54) is 0 Å². The molecule has 1 atom stereocenters. The van der Waals surface area contributed by atoms with Gasteiger partial charge in [0.2, 0.25) is 0 Å². The van der Waals surface area contributed by atoms with Crippen LogP contribution in [0.15, 0.2) is 0 Å². The first-order valence-corrected chi connectivity index (χ1v) is 4.91. The van der Waals surface area contributed by atoms with Crippen LogP contribution in [0.5, 0.6) is 0 Å². The van der Waals surface area contributed by atoms with E-state index >= 15 is 0 Å². The van der Waals surface area contributed by atoms with Crippen LogP contribution >= 0.6 is 0 Å². The number of rotatable bonds is 5. The number of ether oxygens (including phenoxy) is 2. The largest absolute Gasteiger partial charge is 0.355 e. The zero-order chi connectivity index (χ0) is 9.52. The number of nitrogens with zero attached hydrogens (tertiary/aromatic N) is 1. The summed E-state index contributed by atoms with van der Waals surface area (Å²) in [6, 6.07) is 0. The van der Waals surface area contributed by atoms with E-state index < -0.39 is 0 Å². The van der Waals surface area contributed by atoms with Gasteiger partial charge in [0.25, 0.3) is 0 Å². The summed E-state index contributed by atoms with van der Waals surface area (Å²) in [5, 5.41) is 0. The molecule has 0 saturated carbocycles. The van der Waals surface area contributed by atoms with E-state index in [2.05, 4.69) is 11.9 Å². The Morgan fingerprint density at radius 1 is 1.54 bits per heavy atom. The van der Waals surface area contributed by atoms with Gasteiger partial charge < -0.3 is 20.1 Å². The minimum atomic E-state index is 0.344. The minimum absolute atomic E-state index is 0.344. The lowest BCUT2D eigenvalue weighted by Gasteiger charge is -2.27. The Morgan fingerprint density at radius 2 is 2.38 bits per heavy atom. The second-order valence-corrected chi connectivity index (χ2v) is 3.51. The van der Waals surface area contributed by atoms with Gasteiger partial charge >= 0.3 is 0 Å². The van der Waals surface area contributed by atoms with Crippen LogP contribution in [-0.4, -0.2) is 51.1 Å². The number of hydrogen-bond acceptors (Lipinski definition) is 4. The van der Waals surface area contributed by atoms with Gasteiger partial charge in [-0.3, -0.25) is 0 Å². The molecule has 4 heteroatoms. The van der Waals surface area contributed by atoms with Gasteiger partial charge in [0.15, 0.2) is 0 Å². The molecule has 0 aromatic rings. The van der Waals surface area contributed by atoms with Crippen molar-refractivity contribution in [2.45, 2.75) is 18.9 Å². The van der Waals surface area contributed by atoms with E-state index in [0.717, 1.165) is 39.1 Å². The topological polar surface area (TPSA) is 47.7 Å². The summed E-state index contributed by atoms with van der Waals surface area (Å²) >= 11 is 0. The van der Waals surface area contributed by atoms with Gasteiger partial charge in [0, 0.05) is 6.54 Å². The van der Waals surface area contributed by atoms with Gasteiger partial charge in [-0.1, -0.05) is 0 Å². The molecule has 2 N–H and O–H groups in total. The predicted molar refractivity (Wildman–Crippen MR) is 51.5 cm³/mol. The second-order valence-electron chi connectivity index (χ2n) is 3.51. The number of likely N-dealkylation sites (N-methyl/N-ethyl adjacent to an activating group) is 1. The molecule has 0 radical (unpaired) electrons. The lowest BCUT2D eigenvalue weighted by atomic mass is 10.2. The standard InChI is InChI=1S/C9H20N2O2/c1-11(5-2-4-10)7-9-3-6-12-8-13-9/h9H,2-8,10H2,1H3. The molecule has 1 heterocycles. The summed E-state index contributed by atoms with van der Waals surface area (Å²) in [5.74, 6) is 0. The highest BCUT2D eigenvalue weighted by atomic mass is 16.7. The van der Waals surface area contributed by atoms with Crippen molar-refractivity contribution in [2.24, 2.45) is 5.73 Å². The SMILES string of the molecule is CN(CCCN)CC1CCOCO1. The van der Waals surface area contributed by atoms with Crippen LogP contribution in [0, 0.1) is 0 Å². The van der Waals surface area contributed by atoms with Crippen molar-refractivity contribution in [1.82, 2.24) is 4.90 Å². The van der Waals surface area contributed by atoms with Crippen LogP contribution in [0.3, 0.4) is 0 Å². The Bertz CT molecular complexity index is 127. The van der Waals surface area contributed by atoms with Crippen molar-refractivity contribution >= 4 is 0 Å². The predicted octanol–water partition coefficient (Wildman–Crippen LogP) is 0.0300. The fraction of sp³-hybridized carbons (Fsp3) is 1.00. The molecule has 0 amide bonds. The van der Waals surface area contributed by atoms with Gasteiger partial charge in [-0.25, -0.2) is 0 Å². The number of hydrogen-bond donors (Lipinski definition) is 1. The first kappa shape index (κ1) is 10.9. The van der Waals surface area contributed by atoms with E-state index in [0.29, 0.717) is 12.9 Å². The third-order valence-electron chi connectivity index (χ3n) is 2.23. The fourth-order valence-corrected chi connectivity index (χ4v) is 1.45. The Kier molecular flexibility index (Phi) is 5.31. The van der Waals surface area contributed by atoms with Gasteiger partial charge in [0.1, 0.15) is 6.79 Å². The molecule has 0 aromatic carbocycles. The van der Waals surface area contributed by atoms with Crippen LogP contribution in [0.2, 0.25) is 0 Å². The Hall–Kier alpha value is -0.160. The highest BCUT2D eigenvalue weighted by Crippen LogP contribution is 2.07. The molecule has 1 rings (SSSR count). The normalized spacial score (nSPS) is 23.8. The van der Waals surface area contributed by atoms with Crippen molar-refractivity contribution in [3.05, 3.63) is 0 Å². The zero-order valence-electron chi connectivity index (χ0n) is 8.37. The monoisotopic (exact) mass is 188 g/mol. The van der Waals surface area contributed by atoms with Crippen LogP contribution in [0.4, 0.5) is 0 Å². The first-order chi connectivity index (χ1) is 6.33. The highest BCUT2D eigenvalue weighted by Gasteiger charge is 2.15. The fourth-order valence-electron chi connectivity index (χ4n) is 1.45. The average molecular weight is 188 g/mol. The Balaban J connectivity index is 2.07. The van der Waals surface area contributed by atoms with Gasteiger partial charge in [-0.15, -0.1) is 0 Å². The maximum absolute atomic E-state index is 5.43. The molecule has 0 bridgehead atoms. The summed E-state index contributed by atoms with van der Waals surface area (Å²) in [6.07, 6.45) is 2.41. The molecule has 13 heavy (non-hydrogen) atoms. The Labute approximate surface area is 80.0 Å². The van der Waals surface area contributed by atoms with E-state index in [1.807, 2.05) is 0 Å². The van der Waals surface area contributed by atoms with Crippen molar-refractivity contribution in [2.75, 3.05) is 40.1 Å². The smallest absolute Gasteiger partial charge is 0.147 e. The van der Waals surface area contributed by atoms with E-state index in [9.17, 15) is 0 Å². The maximum Gasteiger partial charge on any atom is 0.147 e. The van der Waals surface area contributed by atoms with E-state index in [4.69, 9.17) is 15.2 Å². The maximum atomic E-state index is 5.43. The van der Waals surface area contributed by atoms with Crippen LogP contribution in [-0.2, 0) is 9.47 Å². The third kappa shape index (κ3) is 4.57. The first-order valence-electron chi connectivity index (χ1n) is 4.91. The van der Waals surface area contributed by atoms with E-state index in [-0.39, 0.29) is 0 Å². The minimum Gasteiger partial charge on any atom is -0.355 e. The average Bonchev–Trinajstić information content (AvgIpc) is 2.16. The van der Waals surface area contributed by atoms with Crippen LogP contribution < -0.4 is 5.73 Å². The molecule has 78 valence electrons. The summed E-state index contributed by atoms with van der Waals surface area (Å²) in [7, 11) is 2.11. The molecular weight excluding hydrogens is 168 g/mol. The summed E-state index contributed by atoms with van der Waals surface area (Å²) in [4.78, 5) is 2.27. The van der Waals surface area contributed by atoms with Gasteiger partial charge in [-0.05, 0) is 33.0 Å². The molecule has 0 spiro atoms. The Morgan fingerprint density at radius 3 is 3.00 bits per heavy atom. The third-order valence-corrected chi connectivity index (χ3v) is 2.23. The van der Waals surface area contributed by atoms with Crippen molar-refractivity contribution in [3.63, 3.8) is 0 Å². The lowest BCUT2D eigenvalue weighted by molar-refractivity contribution is -0.143. The molecule has 1 unspecified atom stereocenters. The molecular formula is C9H20N2O2. The molecule has 0 aliphatic carbocycles. The second kappa shape index (κ2) is 6.32. The highest BCUT2D eigenvalue weighted by molar-refractivity contribution is 4.65. The van der Waals surface area contributed by atoms with Gasteiger partial charge in [0.05, 0.1) is 12.7 Å². The van der Waals surface area contributed by atoms with Crippen molar-refractivity contribution in [1.29, 1.82) is 0 Å². The van der Waals surface area contributed by atoms with E-state index in [1.54, 1.807) is 0 Å². The van der Waals surface area contributed by atoms with Crippen molar-refractivity contribution < 1.29 is 9.47 Å². The summed E-state index contributed by atoms with van der Waals surface area (Å²) < 4.78 is 10.5. The number of nitrogens with two attached hydrogens (primary N) is 1. The summed E-state index contributed by atoms with van der Waals surface area (Å²) in [5.41, 5.74) is 5.43. The molecule has 0 aromatic heterocycles. The van der Waals surface area contributed by atoms with Crippen LogP contribution in [0.25, 0.3) is 0 Å². The zero-order valence-corrected chi connectivity index (χ0v) is 8.37.